The lowest BCUT2D eigenvalue weighted by Crippen LogP contribution is -2.60. The number of aliphatic hydroxyl groups excluding tert-OH is 1. The molecule has 0 radical (unpaired) electrons. The fourth-order valence-electron chi connectivity index (χ4n) is 13.8. The van der Waals surface area contributed by atoms with E-state index in [4.69, 9.17) is 35.8 Å². The van der Waals surface area contributed by atoms with E-state index in [0.29, 0.717) is 56.4 Å². The van der Waals surface area contributed by atoms with Gasteiger partial charge in [0, 0.05) is 94.9 Å². The Labute approximate surface area is 690 Å². The van der Waals surface area contributed by atoms with Gasteiger partial charge in [-0.1, -0.05) is 139 Å². The number of hydrogen-bond donors (Lipinski definition) is 17. The number of aromatic nitrogens is 5. The molecule has 2 aliphatic rings. The van der Waals surface area contributed by atoms with Crippen LogP contribution in [0.3, 0.4) is 0 Å². The summed E-state index contributed by atoms with van der Waals surface area (Å²) in [6.07, 6.45) is 17.8. The molecule has 4 heterocycles. The van der Waals surface area contributed by atoms with Crippen LogP contribution in [0.25, 0.3) is 10.9 Å². The van der Waals surface area contributed by atoms with Gasteiger partial charge >= 0.3 is 0 Å². The molecular formula is C81H128N20O17. The van der Waals surface area contributed by atoms with Gasteiger partial charge in [0.25, 0.3) is 0 Å². The number of ketones is 1. The Morgan fingerprint density at radius 2 is 1.25 bits per heavy atom. The highest BCUT2D eigenvalue weighted by molar-refractivity contribution is 5.99. The summed E-state index contributed by atoms with van der Waals surface area (Å²) in [5.74, 6) is -7.35. The highest BCUT2D eigenvalue weighted by Gasteiger charge is 2.44. The van der Waals surface area contributed by atoms with Crippen LogP contribution in [0.1, 0.15) is 191 Å². The van der Waals surface area contributed by atoms with Gasteiger partial charge in [0.05, 0.1) is 51.8 Å². The van der Waals surface area contributed by atoms with Crippen molar-refractivity contribution < 1.29 is 81.6 Å². The van der Waals surface area contributed by atoms with E-state index in [9.17, 15) is 57.8 Å². The number of H-pyrrole nitrogens is 2. The topological polar surface area (TPSA) is 544 Å². The minimum atomic E-state index is -1.57. The van der Waals surface area contributed by atoms with Gasteiger partial charge in [-0.15, -0.1) is 5.10 Å². The van der Waals surface area contributed by atoms with Crippen molar-refractivity contribution >= 4 is 87.6 Å². The van der Waals surface area contributed by atoms with E-state index in [1.807, 2.05) is 31.2 Å². The molecule has 11 amide bonds. The average Bonchev–Trinajstić information content (AvgIpc) is 1.65. The first-order valence-electron chi connectivity index (χ1n) is 41.9. The number of Topliss-reactive ketones (excluding diaryl/α,β-unsaturated/α-hetero) is 1. The normalized spacial score (nSPS) is 19.2. The number of ether oxygens (including phenoxy) is 4. The van der Waals surface area contributed by atoms with E-state index < -0.39 is 127 Å². The first kappa shape index (κ1) is 96.8. The standard InChI is InChI=1S/C81H128N20O17/c1-3-4-29-62(93-78(112)67(50-82)90-73(107)54-118-46-44-116-42-40-87-72(106)53-117-45-43-115-41-39-86-70(104)34-20-15-13-11-9-7-5-6-8-10-12-14-19-33-69-97-99-100-98-69)74(108)94-64-35-36-71(105)85-37-24-23-30-60(55(2)102)91-77(111)66(48-57-51-89-61-31-22-21-28-59(57)61)95-75(109)63(32-25-38-88-81(83)84)92-76(110)65(47-56-26-17-16-18-27-56)96-79(113)68-49-58(103)52-101(68)80(64)114/h16-18,21-22,26-28,31,51,58,60,62-68,89,103H,3-15,19-20,23-25,29-30,32-50,52-54,82H2,1-2H3,(H,85,105)(H,86,104)(H,87,106)(H,90,107)(H,91,111)(H,92,110)(H,93,112)(H,94,108)(H,95,109)(H,96,113)(H4,83,84,88)(H,97,98,99,100)/t58-,60+,62+,63+,64+,65-,66+,67+,68+/m1/s1. The summed E-state index contributed by atoms with van der Waals surface area (Å²) in [5, 5.41) is 63.7. The number of aryl methyl sites for hydroxylation is 1. The molecule has 654 valence electrons. The van der Waals surface area contributed by atoms with Gasteiger partial charge in [0.2, 0.25) is 65.0 Å². The second-order valence-electron chi connectivity index (χ2n) is 30.0. The van der Waals surface area contributed by atoms with Crippen LogP contribution in [0.15, 0.2) is 60.8 Å². The number of unbranched alkanes of at least 4 members (excludes halogenated alkanes) is 13. The first-order valence-corrected chi connectivity index (χ1v) is 41.9. The van der Waals surface area contributed by atoms with Gasteiger partial charge in [-0.05, 0) is 92.3 Å². The van der Waals surface area contributed by atoms with Crippen LogP contribution in [0.4, 0.5) is 0 Å². The van der Waals surface area contributed by atoms with E-state index in [2.05, 4.69) is 84.1 Å². The summed E-state index contributed by atoms with van der Waals surface area (Å²) < 4.78 is 21.9. The average molecular weight is 1650 g/mol. The summed E-state index contributed by atoms with van der Waals surface area (Å²) in [6.45, 7) is 3.22. The molecule has 0 spiro atoms. The Kier molecular flexibility index (Phi) is 46.2. The minimum Gasteiger partial charge on any atom is -0.391 e. The molecule has 0 bridgehead atoms. The highest BCUT2D eigenvalue weighted by Crippen LogP contribution is 2.24. The maximum absolute atomic E-state index is 15.1. The number of carbonyl (C=O) groups is 12. The highest BCUT2D eigenvalue weighted by atomic mass is 16.5. The number of guanidine groups is 1. The van der Waals surface area contributed by atoms with Crippen LogP contribution >= 0.6 is 0 Å². The van der Waals surface area contributed by atoms with Gasteiger partial charge in [0.1, 0.15) is 61.3 Å². The molecule has 37 nitrogen and oxygen atoms in total. The quantitative estimate of drug-likeness (QED) is 0.0166. The summed E-state index contributed by atoms with van der Waals surface area (Å²) >= 11 is 0. The zero-order valence-electron chi connectivity index (χ0n) is 68.6. The Bertz CT molecular complexity index is 3720. The van der Waals surface area contributed by atoms with E-state index in [-0.39, 0.29) is 141 Å². The lowest BCUT2D eigenvalue weighted by Gasteiger charge is -2.31. The Morgan fingerprint density at radius 1 is 0.636 bits per heavy atom. The maximum atomic E-state index is 15.1. The SMILES string of the molecule is CCCC[C@H](NC(=O)[C@H](CN)NC(=O)COCCOCCNC(=O)COCCOCCNC(=O)CCCCCCCCCCCCCCCc1nnn[nH]1)C(=O)N[C@H]1CCC(=O)NCCCC[C@@H](C(C)=O)NC(=O)[C@H](Cc2c[nH]c3ccccc23)NC(=O)[C@H](CCCNC(=N)N)NC(=O)[C@@H](Cc2ccccc2)NC(=O)[C@@H]2C[C@@H](O)CN2C1=O. The number of nitrogens with two attached hydrogens (primary N) is 2. The molecule has 9 atom stereocenters. The van der Waals surface area contributed by atoms with Crippen molar-refractivity contribution in [2.75, 3.05) is 92.1 Å². The molecule has 2 aliphatic heterocycles. The number of hydrogen-bond acceptors (Lipinski definition) is 22. The largest absolute Gasteiger partial charge is 0.391 e. The number of nitrogens with one attached hydrogen (secondary N) is 14. The summed E-state index contributed by atoms with van der Waals surface area (Å²) in [6, 6.07) is 5.02. The molecule has 37 heteroatoms. The molecule has 0 aliphatic carbocycles. The van der Waals surface area contributed by atoms with E-state index in [1.54, 1.807) is 36.5 Å². The maximum Gasteiger partial charge on any atom is 0.246 e. The molecule has 2 aromatic heterocycles. The van der Waals surface area contributed by atoms with Crippen molar-refractivity contribution in [1.29, 1.82) is 5.41 Å². The van der Waals surface area contributed by atoms with Crippen LogP contribution in [-0.4, -0.2) is 259 Å². The predicted octanol–water partition coefficient (Wildman–Crippen LogP) is 0.906. The number of aromatic amines is 2. The van der Waals surface area contributed by atoms with Crippen LogP contribution in [-0.2, 0) is 95.7 Å². The number of carbonyl (C=O) groups excluding carboxylic acids is 12. The number of rotatable bonds is 50. The van der Waals surface area contributed by atoms with Gasteiger partial charge < -0.3 is 104 Å². The number of nitrogens with zero attached hydrogens (tertiary/aromatic N) is 4. The molecule has 2 fully saturated rings. The van der Waals surface area contributed by atoms with Crippen molar-refractivity contribution in [3.05, 3.63) is 77.7 Å². The second-order valence-corrected chi connectivity index (χ2v) is 30.0. The number of amides is 11. The third-order valence-electron chi connectivity index (χ3n) is 20.4. The van der Waals surface area contributed by atoms with Crippen LogP contribution in [0, 0.1) is 5.41 Å². The Balaban J connectivity index is 0.955. The van der Waals surface area contributed by atoms with Crippen LogP contribution < -0.4 is 70.0 Å². The molecule has 0 saturated carbocycles. The fraction of sp³-hybridized carbons (Fsp3) is 0.654. The monoisotopic (exact) mass is 1650 g/mol. The third-order valence-corrected chi connectivity index (χ3v) is 20.4. The molecule has 0 unspecified atom stereocenters. The molecule has 6 rings (SSSR count). The van der Waals surface area contributed by atoms with Crippen LogP contribution in [0.5, 0.6) is 0 Å². The van der Waals surface area contributed by atoms with Gasteiger partial charge in [-0.25, -0.2) is 5.10 Å². The van der Waals surface area contributed by atoms with Gasteiger partial charge in [-0.2, -0.15) is 0 Å². The molecule has 19 N–H and O–H groups in total. The second kappa shape index (κ2) is 56.3. The molecule has 2 saturated heterocycles. The smallest absolute Gasteiger partial charge is 0.246 e. The van der Waals surface area contributed by atoms with Crippen molar-refractivity contribution in [3.63, 3.8) is 0 Å². The molecule has 4 aromatic rings. The predicted molar refractivity (Wildman–Crippen MR) is 438 cm³/mol. The van der Waals surface area contributed by atoms with Crippen molar-refractivity contribution in [2.24, 2.45) is 11.5 Å². The van der Waals surface area contributed by atoms with Gasteiger partial charge in [0.15, 0.2) is 11.7 Å². The number of aliphatic hydroxyl groups is 1. The fourth-order valence-corrected chi connectivity index (χ4v) is 13.8. The van der Waals surface area contributed by atoms with Crippen LogP contribution in [0.2, 0.25) is 0 Å². The molecule has 2 aromatic carbocycles. The summed E-state index contributed by atoms with van der Waals surface area (Å²) in [7, 11) is 0. The lowest BCUT2D eigenvalue weighted by molar-refractivity contribution is -0.143. The van der Waals surface area contributed by atoms with Crippen molar-refractivity contribution in [3.8, 4) is 0 Å². The Hall–Kier alpha value is -10.1. The summed E-state index contributed by atoms with van der Waals surface area (Å²) in [4.78, 5) is 172. The van der Waals surface area contributed by atoms with E-state index in [0.717, 1.165) is 53.7 Å². The molecular weight excluding hydrogens is 1530 g/mol. The third kappa shape index (κ3) is 38.1. The number of tetrazole rings is 1. The zero-order chi connectivity index (χ0) is 85.1. The van der Waals surface area contributed by atoms with Gasteiger partial charge in [-0.3, -0.25) is 62.9 Å². The van der Waals surface area contributed by atoms with Crippen molar-refractivity contribution in [2.45, 2.75) is 248 Å². The molecule has 118 heavy (non-hydrogen) atoms. The number of fused-ring (bicyclic) bond motifs is 2. The lowest BCUT2D eigenvalue weighted by atomic mass is 10.0. The van der Waals surface area contributed by atoms with E-state index in [1.165, 1.54) is 64.7 Å². The van der Waals surface area contributed by atoms with E-state index >= 15 is 4.79 Å². The van der Waals surface area contributed by atoms with Crippen molar-refractivity contribution in [1.82, 2.24) is 89.0 Å². The first-order chi connectivity index (χ1) is 57.1. The number of para-hydroxylation sites is 1. The summed E-state index contributed by atoms with van der Waals surface area (Å²) in [5.41, 5.74) is 13.6. The zero-order valence-corrected chi connectivity index (χ0v) is 68.6. The number of benzene rings is 2. The Morgan fingerprint density at radius 3 is 1.91 bits per heavy atom. The minimum absolute atomic E-state index is 0.00127.